The molecule has 7 heteroatoms. The lowest BCUT2D eigenvalue weighted by molar-refractivity contribution is 0.177. The van der Waals surface area contributed by atoms with E-state index >= 15 is 0 Å². The molecule has 1 aliphatic rings. The molecule has 0 aliphatic carbocycles. The molecule has 4 nitrogen and oxygen atoms in total. The summed E-state index contributed by atoms with van der Waals surface area (Å²) < 4.78 is 5.46. The molecular weight excluding hydrogens is 401 g/mol. The molecule has 1 heterocycles. The van der Waals surface area contributed by atoms with Gasteiger partial charge in [0.25, 0.3) is 0 Å². The summed E-state index contributed by atoms with van der Waals surface area (Å²) in [5.41, 5.74) is 1.96. The standard InChI is InChI=1S/C20H23Cl2N3OS/c1-2-26-16-8-6-15(7-9-16)23-20(27)25-12-10-24(11-13-25)14-17-18(21)4-3-5-19(17)22/h3-9H,2,10-14H2,1H3,(H,23,27). The van der Waals surface area contributed by atoms with E-state index in [9.17, 15) is 0 Å². The third-order valence-corrected chi connectivity index (χ3v) is 5.59. The third-order valence-electron chi connectivity index (χ3n) is 4.52. The molecule has 0 unspecified atom stereocenters. The maximum absolute atomic E-state index is 6.29. The molecule has 2 aromatic carbocycles. The van der Waals surface area contributed by atoms with Gasteiger partial charge in [0.2, 0.25) is 0 Å². The SMILES string of the molecule is CCOc1ccc(NC(=S)N2CCN(Cc3c(Cl)cccc3Cl)CC2)cc1. The van der Waals surface area contributed by atoms with Gasteiger partial charge in [-0.05, 0) is 55.5 Å². The van der Waals surface area contributed by atoms with Gasteiger partial charge in [0.05, 0.1) is 6.61 Å². The Morgan fingerprint density at radius 1 is 1.04 bits per heavy atom. The van der Waals surface area contributed by atoms with Crippen LogP contribution in [-0.4, -0.2) is 47.7 Å². The maximum Gasteiger partial charge on any atom is 0.173 e. The van der Waals surface area contributed by atoms with Crippen LogP contribution < -0.4 is 10.1 Å². The van der Waals surface area contributed by atoms with Gasteiger partial charge in [0, 0.05) is 54.0 Å². The normalized spacial score (nSPS) is 14.9. The number of rotatable bonds is 5. The summed E-state index contributed by atoms with van der Waals surface area (Å²) in [4.78, 5) is 4.54. The first-order valence-electron chi connectivity index (χ1n) is 9.01. The lowest BCUT2D eigenvalue weighted by Gasteiger charge is -2.36. The van der Waals surface area contributed by atoms with E-state index in [1.54, 1.807) is 0 Å². The monoisotopic (exact) mass is 423 g/mol. The van der Waals surface area contributed by atoms with E-state index in [0.717, 1.165) is 64.9 Å². The Hall–Kier alpha value is -1.53. The summed E-state index contributed by atoms with van der Waals surface area (Å²) in [6.45, 7) is 6.94. The highest BCUT2D eigenvalue weighted by molar-refractivity contribution is 7.80. The second-order valence-electron chi connectivity index (χ2n) is 6.35. The largest absolute Gasteiger partial charge is 0.494 e. The van der Waals surface area contributed by atoms with Crippen LogP contribution in [0, 0.1) is 0 Å². The summed E-state index contributed by atoms with van der Waals surface area (Å²) in [5, 5.41) is 5.49. The molecule has 0 aromatic heterocycles. The minimum Gasteiger partial charge on any atom is -0.494 e. The van der Waals surface area contributed by atoms with Gasteiger partial charge in [0.1, 0.15) is 5.75 Å². The van der Waals surface area contributed by atoms with Crippen LogP contribution in [0.5, 0.6) is 5.75 Å². The number of halogens is 2. The van der Waals surface area contributed by atoms with Gasteiger partial charge in [0.15, 0.2) is 5.11 Å². The van der Waals surface area contributed by atoms with E-state index in [1.807, 2.05) is 49.4 Å². The quantitative estimate of drug-likeness (QED) is 0.689. The number of ether oxygens (including phenoxy) is 1. The molecule has 0 amide bonds. The van der Waals surface area contributed by atoms with E-state index in [1.165, 1.54) is 0 Å². The van der Waals surface area contributed by atoms with Gasteiger partial charge in [-0.25, -0.2) is 0 Å². The van der Waals surface area contributed by atoms with Gasteiger partial charge in [-0.2, -0.15) is 0 Å². The fourth-order valence-corrected chi connectivity index (χ4v) is 3.84. The smallest absolute Gasteiger partial charge is 0.173 e. The number of nitrogens with zero attached hydrogens (tertiary/aromatic N) is 2. The molecule has 0 atom stereocenters. The molecular formula is C20H23Cl2N3OS. The first kappa shape index (κ1) is 20.2. The summed E-state index contributed by atoms with van der Waals surface area (Å²) in [5.74, 6) is 0.862. The van der Waals surface area contributed by atoms with E-state index in [4.69, 9.17) is 40.2 Å². The number of nitrogens with one attached hydrogen (secondary N) is 1. The molecule has 2 aromatic rings. The highest BCUT2D eigenvalue weighted by Gasteiger charge is 2.20. The maximum atomic E-state index is 6.29. The minimum absolute atomic E-state index is 0.662. The zero-order chi connectivity index (χ0) is 19.2. The zero-order valence-electron chi connectivity index (χ0n) is 15.3. The van der Waals surface area contributed by atoms with Crippen molar-refractivity contribution in [2.45, 2.75) is 13.5 Å². The summed E-state index contributed by atoms with van der Waals surface area (Å²) in [6, 6.07) is 13.5. The van der Waals surface area contributed by atoms with Crippen molar-refractivity contribution in [1.29, 1.82) is 0 Å². The van der Waals surface area contributed by atoms with Crippen molar-refractivity contribution >= 4 is 46.2 Å². The van der Waals surface area contributed by atoms with Crippen LogP contribution in [0.25, 0.3) is 0 Å². The van der Waals surface area contributed by atoms with Crippen LogP contribution in [0.2, 0.25) is 10.0 Å². The Morgan fingerprint density at radius 3 is 2.26 bits per heavy atom. The van der Waals surface area contributed by atoms with E-state index in [0.29, 0.717) is 6.61 Å². The van der Waals surface area contributed by atoms with Crippen LogP contribution in [0.3, 0.4) is 0 Å². The molecule has 1 fully saturated rings. The first-order chi connectivity index (χ1) is 13.1. The van der Waals surface area contributed by atoms with E-state index in [2.05, 4.69) is 15.1 Å². The zero-order valence-corrected chi connectivity index (χ0v) is 17.6. The fourth-order valence-electron chi connectivity index (χ4n) is 3.02. The first-order valence-corrected chi connectivity index (χ1v) is 10.2. The lowest BCUT2D eigenvalue weighted by atomic mass is 10.2. The second kappa shape index (κ2) is 9.60. The number of benzene rings is 2. The van der Waals surface area contributed by atoms with Crippen molar-refractivity contribution in [1.82, 2.24) is 9.80 Å². The molecule has 1 saturated heterocycles. The van der Waals surface area contributed by atoms with Crippen LogP contribution in [0.1, 0.15) is 12.5 Å². The van der Waals surface area contributed by atoms with Crippen LogP contribution >= 0.6 is 35.4 Å². The number of piperazine rings is 1. The van der Waals surface area contributed by atoms with Gasteiger partial charge >= 0.3 is 0 Å². The Morgan fingerprint density at radius 2 is 1.67 bits per heavy atom. The number of hydrogen-bond acceptors (Lipinski definition) is 3. The lowest BCUT2D eigenvalue weighted by Crippen LogP contribution is -2.49. The fraction of sp³-hybridized carbons (Fsp3) is 0.350. The van der Waals surface area contributed by atoms with Crippen LogP contribution in [0.15, 0.2) is 42.5 Å². The Balaban J connectivity index is 1.50. The molecule has 0 saturated carbocycles. The summed E-state index contributed by atoms with van der Waals surface area (Å²) in [7, 11) is 0. The molecule has 0 spiro atoms. The minimum atomic E-state index is 0.662. The molecule has 3 rings (SSSR count). The number of hydrogen-bond donors (Lipinski definition) is 1. The molecule has 144 valence electrons. The van der Waals surface area contributed by atoms with Crippen molar-refractivity contribution in [3.63, 3.8) is 0 Å². The Bertz CT molecular complexity index is 757. The van der Waals surface area contributed by atoms with Gasteiger partial charge in [-0.3, -0.25) is 4.90 Å². The highest BCUT2D eigenvalue weighted by atomic mass is 35.5. The highest BCUT2D eigenvalue weighted by Crippen LogP contribution is 2.26. The average Bonchev–Trinajstić information content (AvgIpc) is 2.67. The predicted molar refractivity (Wildman–Crippen MR) is 117 cm³/mol. The predicted octanol–water partition coefficient (Wildman–Crippen LogP) is 4.91. The summed E-state index contributed by atoms with van der Waals surface area (Å²) >= 11 is 18.1. The number of anilines is 1. The average molecular weight is 424 g/mol. The van der Waals surface area contributed by atoms with Gasteiger partial charge < -0.3 is 15.0 Å². The van der Waals surface area contributed by atoms with Gasteiger partial charge in [-0.1, -0.05) is 29.3 Å². The molecule has 27 heavy (non-hydrogen) atoms. The van der Waals surface area contributed by atoms with Crippen molar-refractivity contribution in [3.05, 3.63) is 58.1 Å². The summed E-state index contributed by atoms with van der Waals surface area (Å²) in [6.07, 6.45) is 0. The molecule has 0 bridgehead atoms. The molecule has 0 radical (unpaired) electrons. The second-order valence-corrected chi connectivity index (χ2v) is 7.55. The Kier molecular flexibility index (Phi) is 7.19. The topological polar surface area (TPSA) is 27.7 Å². The number of thiocarbonyl (C=S) groups is 1. The van der Waals surface area contributed by atoms with E-state index in [-0.39, 0.29) is 0 Å². The van der Waals surface area contributed by atoms with E-state index < -0.39 is 0 Å². The molecule has 1 N–H and O–H groups in total. The van der Waals surface area contributed by atoms with Crippen molar-refractivity contribution in [3.8, 4) is 5.75 Å². The van der Waals surface area contributed by atoms with Crippen molar-refractivity contribution in [2.75, 3.05) is 38.1 Å². The van der Waals surface area contributed by atoms with Crippen LogP contribution in [0.4, 0.5) is 5.69 Å². The van der Waals surface area contributed by atoms with Crippen LogP contribution in [-0.2, 0) is 6.54 Å². The van der Waals surface area contributed by atoms with Crippen molar-refractivity contribution in [2.24, 2.45) is 0 Å². The molecule has 1 aliphatic heterocycles. The third kappa shape index (κ3) is 5.48. The van der Waals surface area contributed by atoms with Crippen molar-refractivity contribution < 1.29 is 4.74 Å². The van der Waals surface area contributed by atoms with Gasteiger partial charge in [-0.15, -0.1) is 0 Å². The Labute approximate surface area is 176 Å².